The third-order valence-corrected chi connectivity index (χ3v) is 11.1. The van der Waals surface area contributed by atoms with Crippen LogP contribution in [0.4, 0.5) is 0 Å². The van der Waals surface area contributed by atoms with Crippen molar-refractivity contribution in [2.24, 2.45) is 0 Å². The number of allylic oxidation sites excluding steroid dienone is 4. The lowest BCUT2D eigenvalue weighted by Crippen LogP contribution is -2.05. The first-order chi connectivity index (χ1) is 28.2. The van der Waals surface area contributed by atoms with Crippen LogP contribution >= 0.6 is 0 Å². The molecule has 5 heteroatoms. The Morgan fingerprint density at radius 3 is 1.93 bits per heavy atom. The molecule has 268 valence electrons. The minimum atomic E-state index is 0.331. The van der Waals surface area contributed by atoms with E-state index in [1.54, 1.807) is 0 Å². The first-order valence-corrected chi connectivity index (χ1v) is 19.3. The summed E-state index contributed by atoms with van der Waals surface area (Å²) in [6.45, 7) is 0. The summed E-state index contributed by atoms with van der Waals surface area (Å²) >= 11 is 0. The Labute approximate surface area is 329 Å². The highest BCUT2D eigenvalue weighted by atomic mass is 16.3. The molecule has 11 rings (SSSR count). The number of benzene rings is 7. The lowest BCUT2D eigenvalue weighted by atomic mass is 9.90. The number of hydrogen-bond acceptors (Lipinski definition) is 5. The minimum Gasteiger partial charge on any atom is -0.455 e. The second kappa shape index (κ2) is 13.7. The molecule has 0 amide bonds. The maximum Gasteiger partial charge on any atom is 0.164 e. The van der Waals surface area contributed by atoms with Crippen LogP contribution in [-0.4, -0.2) is 19.9 Å². The van der Waals surface area contributed by atoms with E-state index in [-0.39, 0.29) is 0 Å². The van der Waals surface area contributed by atoms with E-state index in [0.717, 1.165) is 78.3 Å². The van der Waals surface area contributed by atoms with Crippen molar-refractivity contribution >= 4 is 49.2 Å². The van der Waals surface area contributed by atoms with Crippen LogP contribution in [-0.2, 0) is 0 Å². The van der Waals surface area contributed by atoms with Gasteiger partial charge in [0, 0.05) is 39.0 Å². The number of hydrogen-bond donors (Lipinski definition) is 0. The molecule has 0 spiro atoms. The van der Waals surface area contributed by atoms with Gasteiger partial charge < -0.3 is 4.42 Å². The summed E-state index contributed by atoms with van der Waals surface area (Å²) in [5, 5.41) is 5.41. The molecule has 0 aliphatic heterocycles. The molecule has 7 aromatic carbocycles. The second-order valence-electron chi connectivity index (χ2n) is 14.5. The molecule has 0 fully saturated rings. The van der Waals surface area contributed by atoms with Crippen molar-refractivity contribution in [1.29, 1.82) is 0 Å². The molecule has 1 aliphatic rings. The molecule has 0 bridgehead atoms. The maximum absolute atomic E-state index is 6.67. The van der Waals surface area contributed by atoms with Crippen LogP contribution in [0.1, 0.15) is 23.7 Å². The van der Waals surface area contributed by atoms with E-state index in [4.69, 9.17) is 24.4 Å². The number of pyridine rings is 1. The Morgan fingerprint density at radius 1 is 0.491 bits per heavy atom. The third-order valence-electron chi connectivity index (χ3n) is 11.1. The Bertz CT molecular complexity index is 3200. The lowest BCUT2D eigenvalue weighted by Gasteiger charge is -2.17. The number of furan rings is 1. The van der Waals surface area contributed by atoms with Crippen molar-refractivity contribution in [3.63, 3.8) is 0 Å². The molecule has 0 N–H and O–H groups in total. The van der Waals surface area contributed by atoms with E-state index >= 15 is 0 Å². The summed E-state index contributed by atoms with van der Waals surface area (Å²) in [7, 11) is 0. The standard InChI is InChI=1S/C52H34N4O/c1-3-12-33(13-4-1)34-22-26-38(27-23-34)51-54-50(37-15-5-2-6-16-37)55-52(56-51)39-28-24-35(25-29-39)40-30-31-45-44(32-40)49-47(43-19-9-10-21-46(43)57-49)48(53-45)42-20-11-17-36-14-7-8-18-41(36)42/h1-22,24-32,34H,23H2. The Balaban J connectivity index is 0.984. The molecule has 0 saturated carbocycles. The fourth-order valence-corrected chi connectivity index (χ4v) is 8.16. The van der Waals surface area contributed by atoms with Crippen LogP contribution in [0.5, 0.6) is 0 Å². The Kier molecular flexibility index (Phi) is 7.88. The number of aromatic nitrogens is 4. The van der Waals surface area contributed by atoms with E-state index in [1.807, 2.05) is 42.5 Å². The van der Waals surface area contributed by atoms with Gasteiger partial charge in [0.2, 0.25) is 0 Å². The van der Waals surface area contributed by atoms with Gasteiger partial charge in [0.15, 0.2) is 17.5 Å². The van der Waals surface area contributed by atoms with Crippen LogP contribution in [0.15, 0.2) is 193 Å². The number of nitrogens with zero attached hydrogens (tertiary/aromatic N) is 4. The van der Waals surface area contributed by atoms with E-state index in [0.29, 0.717) is 23.4 Å². The van der Waals surface area contributed by atoms with Gasteiger partial charge in [-0.05, 0) is 52.1 Å². The zero-order chi connectivity index (χ0) is 37.7. The first-order valence-electron chi connectivity index (χ1n) is 19.3. The van der Waals surface area contributed by atoms with Gasteiger partial charge in [-0.1, -0.05) is 170 Å². The third kappa shape index (κ3) is 5.88. The molecule has 0 radical (unpaired) electrons. The van der Waals surface area contributed by atoms with Gasteiger partial charge in [0.1, 0.15) is 11.2 Å². The number of rotatable bonds is 6. The molecule has 3 aromatic heterocycles. The maximum atomic E-state index is 6.67. The predicted octanol–water partition coefficient (Wildman–Crippen LogP) is 13.3. The zero-order valence-electron chi connectivity index (χ0n) is 30.9. The normalized spacial score (nSPS) is 14.1. The van der Waals surface area contributed by atoms with Crippen LogP contribution in [0, 0.1) is 0 Å². The summed E-state index contributed by atoms with van der Waals surface area (Å²) in [4.78, 5) is 20.3. The fraction of sp³-hybridized carbons (Fsp3) is 0.0385. The molecule has 1 unspecified atom stereocenters. The van der Waals surface area contributed by atoms with Gasteiger partial charge in [-0.2, -0.15) is 0 Å². The SMILES string of the molecule is C1=CC(c2ccccc2)CC=C1c1nc(-c2ccccc2)nc(-c2ccc(-c3ccc4nc(-c5cccc6ccccc56)c5c6ccccc6oc5c4c3)cc2)n1. The van der Waals surface area contributed by atoms with Crippen molar-refractivity contribution in [1.82, 2.24) is 19.9 Å². The van der Waals surface area contributed by atoms with Crippen molar-refractivity contribution in [2.45, 2.75) is 12.3 Å². The van der Waals surface area contributed by atoms with Crippen LogP contribution < -0.4 is 0 Å². The molecule has 57 heavy (non-hydrogen) atoms. The van der Waals surface area contributed by atoms with E-state index in [2.05, 4.69) is 146 Å². The van der Waals surface area contributed by atoms with Crippen molar-refractivity contribution in [3.05, 3.63) is 199 Å². The predicted molar refractivity (Wildman–Crippen MR) is 233 cm³/mol. The summed E-state index contributed by atoms with van der Waals surface area (Å²) in [5.74, 6) is 2.29. The molecule has 10 aromatic rings. The van der Waals surface area contributed by atoms with Crippen molar-refractivity contribution in [3.8, 4) is 45.2 Å². The average Bonchev–Trinajstić information content (AvgIpc) is 3.69. The Morgan fingerprint density at radius 2 is 1.14 bits per heavy atom. The fourth-order valence-electron chi connectivity index (χ4n) is 8.16. The lowest BCUT2D eigenvalue weighted by molar-refractivity contribution is 0.672. The van der Waals surface area contributed by atoms with E-state index < -0.39 is 0 Å². The van der Waals surface area contributed by atoms with Gasteiger partial charge in [-0.3, -0.25) is 0 Å². The Hall–Kier alpha value is -7.50. The number of para-hydroxylation sites is 1. The topological polar surface area (TPSA) is 64.7 Å². The molecule has 1 aliphatic carbocycles. The molecule has 3 heterocycles. The molecule has 5 nitrogen and oxygen atoms in total. The molecule has 1 atom stereocenters. The highest BCUT2D eigenvalue weighted by molar-refractivity contribution is 6.21. The first kappa shape index (κ1) is 32.9. The van der Waals surface area contributed by atoms with E-state index in [1.165, 1.54) is 16.3 Å². The molecular weight excluding hydrogens is 697 g/mol. The van der Waals surface area contributed by atoms with Crippen LogP contribution in [0.25, 0.3) is 94.3 Å². The van der Waals surface area contributed by atoms with Gasteiger partial charge in [-0.15, -0.1) is 0 Å². The van der Waals surface area contributed by atoms with Crippen molar-refractivity contribution < 1.29 is 4.42 Å². The molecular formula is C52H34N4O. The minimum absolute atomic E-state index is 0.331. The van der Waals surface area contributed by atoms with Gasteiger partial charge >= 0.3 is 0 Å². The van der Waals surface area contributed by atoms with Crippen LogP contribution in [0.2, 0.25) is 0 Å². The quantitative estimate of drug-likeness (QED) is 0.170. The smallest absolute Gasteiger partial charge is 0.164 e. The second-order valence-corrected chi connectivity index (χ2v) is 14.5. The zero-order valence-corrected chi connectivity index (χ0v) is 30.9. The monoisotopic (exact) mass is 730 g/mol. The van der Waals surface area contributed by atoms with Gasteiger partial charge in [0.25, 0.3) is 0 Å². The highest BCUT2D eigenvalue weighted by Crippen LogP contribution is 2.42. The highest BCUT2D eigenvalue weighted by Gasteiger charge is 2.20. The largest absolute Gasteiger partial charge is 0.455 e. The summed E-state index contributed by atoms with van der Waals surface area (Å²) in [6, 6.07) is 58.8. The molecule has 0 saturated heterocycles. The number of fused-ring (bicyclic) bond motifs is 6. The van der Waals surface area contributed by atoms with Crippen LogP contribution in [0.3, 0.4) is 0 Å². The van der Waals surface area contributed by atoms with Gasteiger partial charge in [-0.25, -0.2) is 19.9 Å². The average molecular weight is 731 g/mol. The van der Waals surface area contributed by atoms with Gasteiger partial charge in [0.05, 0.1) is 16.6 Å². The van der Waals surface area contributed by atoms with E-state index in [9.17, 15) is 0 Å². The van der Waals surface area contributed by atoms with Crippen molar-refractivity contribution in [2.75, 3.05) is 0 Å². The summed E-state index contributed by atoms with van der Waals surface area (Å²) < 4.78 is 6.67. The summed E-state index contributed by atoms with van der Waals surface area (Å²) in [6.07, 6.45) is 7.54. The summed E-state index contributed by atoms with van der Waals surface area (Å²) in [5.41, 5.74) is 10.9.